The normalized spacial score (nSPS) is 11.4. The van der Waals surface area contributed by atoms with E-state index in [4.69, 9.17) is 0 Å². The molecule has 0 amide bonds. The Bertz CT molecular complexity index is 629. The molecule has 0 saturated heterocycles. The minimum Gasteiger partial charge on any atom is -0.300 e. The molecule has 24 heavy (non-hydrogen) atoms. The van der Waals surface area contributed by atoms with Crippen LogP contribution in [0.25, 0.3) is 0 Å². The molecule has 0 aromatic heterocycles. The predicted molar refractivity (Wildman–Crippen MR) is 111 cm³/mol. The zero-order valence-corrected chi connectivity index (χ0v) is 15.8. The molecule has 0 heterocycles. The Labute approximate surface area is 158 Å². The van der Waals surface area contributed by atoms with E-state index in [1.165, 1.54) is 16.7 Å². The zero-order chi connectivity index (χ0) is 16.7. The van der Waals surface area contributed by atoms with Crippen molar-refractivity contribution < 1.29 is 0 Å². The Balaban J connectivity index is 2.20. The van der Waals surface area contributed by atoms with Gasteiger partial charge in [-0.3, -0.25) is 5.32 Å². The largest absolute Gasteiger partial charge is 0.300 e. The maximum atomic E-state index is 3.88. The summed E-state index contributed by atoms with van der Waals surface area (Å²) in [6.45, 7) is 0.974. The van der Waals surface area contributed by atoms with Gasteiger partial charge in [-0.25, -0.2) is 0 Å². The van der Waals surface area contributed by atoms with Gasteiger partial charge in [0.1, 0.15) is 0 Å². The average Bonchev–Trinajstić information content (AvgIpc) is 2.68. The number of rotatable bonds is 7. The summed E-state index contributed by atoms with van der Waals surface area (Å²) in [4.78, 5) is 0. The molecule has 122 valence electrons. The van der Waals surface area contributed by atoms with E-state index in [9.17, 15) is 0 Å². The Morgan fingerprint density at radius 1 is 0.625 bits per heavy atom. The molecule has 2 heteroatoms. The van der Waals surface area contributed by atoms with Crippen molar-refractivity contribution in [2.45, 2.75) is 12.0 Å². The fraction of sp³-hybridized carbons (Fsp3) is 0.182. The maximum Gasteiger partial charge on any atom is 0.0947 e. The van der Waals surface area contributed by atoms with Crippen LogP contribution in [0.2, 0.25) is 0 Å². The van der Waals surface area contributed by atoms with Gasteiger partial charge in [0, 0.05) is 4.43 Å². The fourth-order valence-electron chi connectivity index (χ4n) is 3.21. The Hall–Kier alpha value is -1.65. The van der Waals surface area contributed by atoms with Crippen LogP contribution >= 0.6 is 22.6 Å². The Morgan fingerprint density at radius 3 is 1.33 bits per heavy atom. The van der Waals surface area contributed by atoms with Crippen LogP contribution in [0.3, 0.4) is 0 Å². The van der Waals surface area contributed by atoms with E-state index in [0.717, 1.165) is 17.4 Å². The summed E-state index contributed by atoms with van der Waals surface area (Å²) in [7, 11) is 0. The molecule has 1 nitrogen and oxygen atoms in total. The van der Waals surface area contributed by atoms with E-state index in [0.29, 0.717) is 0 Å². The molecule has 0 saturated carbocycles. The molecule has 0 aliphatic rings. The van der Waals surface area contributed by atoms with Crippen LogP contribution in [0.5, 0.6) is 0 Å². The first-order valence-corrected chi connectivity index (χ1v) is 9.88. The van der Waals surface area contributed by atoms with Crippen LogP contribution in [0.15, 0.2) is 91.0 Å². The van der Waals surface area contributed by atoms with Crippen LogP contribution in [0.4, 0.5) is 0 Å². The third-order valence-electron chi connectivity index (χ3n) is 4.32. The van der Waals surface area contributed by atoms with Gasteiger partial charge in [-0.05, 0) is 29.7 Å². The quantitative estimate of drug-likeness (QED) is 0.231. The molecule has 0 unspecified atom stereocenters. The summed E-state index contributed by atoms with van der Waals surface area (Å²) in [6, 6.07) is 32.3. The molecule has 3 rings (SSSR count). The van der Waals surface area contributed by atoms with Gasteiger partial charge >= 0.3 is 0 Å². The molecule has 3 aromatic rings. The highest BCUT2D eigenvalue weighted by Crippen LogP contribution is 2.36. The zero-order valence-electron chi connectivity index (χ0n) is 13.7. The van der Waals surface area contributed by atoms with E-state index >= 15 is 0 Å². The number of benzene rings is 3. The first-order valence-electron chi connectivity index (χ1n) is 8.35. The number of alkyl halides is 1. The molecule has 0 bridgehead atoms. The first-order chi connectivity index (χ1) is 11.9. The number of nitrogens with one attached hydrogen (secondary N) is 1. The van der Waals surface area contributed by atoms with Crippen LogP contribution in [-0.2, 0) is 5.54 Å². The highest BCUT2D eigenvalue weighted by molar-refractivity contribution is 14.1. The molecule has 0 aliphatic carbocycles. The first kappa shape index (κ1) is 17.2. The van der Waals surface area contributed by atoms with Gasteiger partial charge in [0.2, 0.25) is 0 Å². The molecule has 0 radical (unpaired) electrons. The maximum absolute atomic E-state index is 3.88. The lowest BCUT2D eigenvalue weighted by atomic mass is 9.77. The van der Waals surface area contributed by atoms with Crippen LogP contribution in [0.1, 0.15) is 23.1 Å². The van der Waals surface area contributed by atoms with Gasteiger partial charge in [-0.2, -0.15) is 0 Å². The van der Waals surface area contributed by atoms with Crippen LogP contribution in [0, 0.1) is 0 Å². The summed E-state index contributed by atoms with van der Waals surface area (Å²) in [6.07, 6.45) is 1.15. The molecular weight excluding hydrogens is 405 g/mol. The molecule has 0 atom stereocenters. The van der Waals surface area contributed by atoms with Crippen molar-refractivity contribution in [2.24, 2.45) is 0 Å². The molecule has 0 spiro atoms. The summed E-state index contributed by atoms with van der Waals surface area (Å²) >= 11 is 2.44. The highest BCUT2D eigenvalue weighted by atomic mass is 127. The molecule has 0 aliphatic heterocycles. The standard InChI is InChI=1S/C22H22IN/c23-17-10-18-24-22(19-11-4-1-5-12-19,20-13-6-2-7-14-20)21-15-8-3-9-16-21/h1-9,11-16,24H,10,17-18H2. The van der Waals surface area contributed by atoms with Gasteiger partial charge in [-0.15, -0.1) is 0 Å². The van der Waals surface area contributed by atoms with E-state index in [1.54, 1.807) is 0 Å². The van der Waals surface area contributed by atoms with E-state index in [1.807, 2.05) is 0 Å². The van der Waals surface area contributed by atoms with Gasteiger partial charge in [0.15, 0.2) is 0 Å². The van der Waals surface area contributed by atoms with Gasteiger partial charge in [0.25, 0.3) is 0 Å². The summed E-state index contributed by atoms with van der Waals surface area (Å²) < 4.78 is 1.15. The lowest BCUT2D eigenvalue weighted by Gasteiger charge is -2.37. The fourth-order valence-corrected chi connectivity index (χ4v) is 3.59. The third kappa shape index (κ3) is 3.55. The van der Waals surface area contributed by atoms with Crippen molar-refractivity contribution in [3.63, 3.8) is 0 Å². The number of hydrogen-bond acceptors (Lipinski definition) is 1. The second-order valence-electron chi connectivity index (χ2n) is 5.82. The molecule has 1 N–H and O–H groups in total. The van der Waals surface area contributed by atoms with Crippen molar-refractivity contribution in [3.05, 3.63) is 108 Å². The minimum absolute atomic E-state index is 0.324. The summed E-state index contributed by atoms with van der Waals surface area (Å²) in [5.74, 6) is 0. The third-order valence-corrected chi connectivity index (χ3v) is 5.08. The molecule has 0 fully saturated rings. The van der Waals surface area contributed by atoms with Gasteiger partial charge < -0.3 is 0 Å². The second-order valence-corrected chi connectivity index (χ2v) is 6.90. The number of halogens is 1. The lowest BCUT2D eigenvalue weighted by Crippen LogP contribution is -2.45. The van der Waals surface area contributed by atoms with Gasteiger partial charge in [0.05, 0.1) is 5.54 Å². The van der Waals surface area contributed by atoms with Crippen molar-refractivity contribution in [3.8, 4) is 0 Å². The summed E-state index contributed by atoms with van der Waals surface area (Å²) in [5, 5.41) is 3.88. The van der Waals surface area contributed by atoms with E-state index < -0.39 is 0 Å². The predicted octanol–water partition coefficient (Wildman–Crippen LogP) is 5.39. The molecule has 3 aromatic carbocycles. The number of hydrogen-bond donors (Lipinski definition) is 1. The summed E-state index contributed by atoms with van der Waals surface area (Å²) in [5.41, 5.74) is 3.50. The highest BCUT2D eigenvalue weighted by Gasteiger charge is 2.35. The lowest BCUT2D eigenvalue weighted by molar-refractivity contribution is 0.474. The SMILES string of the molecule is ICCCNC(c1ccccc1)(c1ccccc1)c1ccccc1. The van der Waals surface area contributed by atoms with Crippen LogP contribution < -0.4 is 5.32 Å². The van der Waals surface area contributed by atoms with Crippen molar-refractivity contribution >= 4 is 22.6 Å². The second kappa shape index (κ2) is 8.45. The topological polar surface area (TPSA) is 12.0 Å². The molecular formula is C22H22IN. The Kier molecular flexibility index (Phi) is 6.05. The van der Waals surface area contributed by atoms with E-state index in [-0.39, 0.29) is 5.54 Å². The Morgan fingerprint density at radius 2 is 1.00 bits per heavy atom. The minimum atomic E-state index is -0.324. The van der Waals surface area contributed by atoms with Crippen molar-refractivity contribution in [2.75, 3.05) is 11.0 Å². The average molecular weight is 427 g/mol. The smallest absolute Gasteiger partial charge is 0.0947 e. The van der Waals surface area contributed by atoms with Crippen molar-refractivity contribution in [1.82, 2.24) is 5.32 Å². The van der Waals surface area contributed by atoms with Crippen LogP contribution in [-0.4, -0.2) is 11.0 Å². The van der Waals surface area contributed by atoms with Crippen molar-refractivity contribution in [1.29, 1.82) is 0 Å². The van der Waals surface area contributed by atoms with Gasteiger partial charge in [-0.1, -0.05) is 114 Å². The monoisotopic (exact) mass is 427 g/mol. The van der Waals surface area contributed by atoms with E-state index in [2.05, 4.69) is 119 Å².